The molecule has 0 radical (unpaired) electrons. The molecule has 0 spiro atoms. The Balaban J connectivity index is 2.53. The van der Waals surface area contributed by atoms with Crippen LogP contribution >= 0.6 is 11.8 Å². The summed E-state index contributed by atoms with van der Waals surface area (Å²) in [5.74, 6) is 0.739. The van der Waals surface area contributed by atoms with Gasteiger partial charge in [-0.05, 0) is 26.5 Å². The fourth-order valence-corrected chi connectivity index (χ4v) is 1.81. The number of nitrogens with one attached hydrogen (secondary N) is 1. The monoisotopic (exact) mass is 227 g/mol. The highest BCUT2D eigenvalue weighted by atomic mass is 32.2. The fourth-order valence-electron chi connectivity index (χ4n) is 0.876. The van der Waals surface area contributed by atoms with Crippen molar-refractivity contribution in [1.82, 2.24) is 15.3 Å². The molecule has 1 aromatic heterocycles. The van der Waals surface area contributed by atoms with Crippen molar-refractivity contribution in [3.8, 4) is 0 Å². The minimum absolute atomic E-state index is 0.0996. The Kier molecular flexibility index (Phi) is 4.50. The van der Waals surface area contributed by atoms with Gasteiger partial charge in [0.15, 0.2) is 5.16 Å². The summed E-state index contributed by atoms with van der Waals surface area (Å²) >= 11 is 1.54. The summed E-state index contributed by atoms with van der Waals surface area (Å²) in [6.45, 7) is 4.02. The zero-order valence-electron chi connectivity index (χ0n) is 9.32. The van der Waals surface area contributed by atoms with Crippen molar-refractivity contribution in [3.63, 3.8) is 0 Å². The van der Waals surface area contributed by atoms with E-state index in [1.165, 1.54) is 0 Å². The number of nitrogens with zero attached hydrogens (tertiary/aromatic N) is 2. The highest BCUT2D eigenvalue weighted by Crippen LogP contribution is 2.18. The van der Waals surface area contributed by atoms with Crippen LogP contribution in [0.15, 0.2) is 17.6 Å². The van der Waals surface area contributed by atoms with Crippen molar-refractivity contribution in [1.29, 1.82) is 0 Å². The first-order chi connectivity index (χ1) is 7.09. The molecule has 15 heavy (non-hydrogen) atoms. The Bertz CT molecular complexity index is 298. The number of aryl methyl sites for hydroxylation is 1. The van der Waals surface area contributed by atoms with Crippen LogP contribution < -0.4 is 5.32 Å². The molecule has 0 saturated heterocycles. The number of hydrogen-bond acceptors (Lipinski definition) is 5. The summed E-state index contributed by atoms with van der Waals surface area (Å²) in [6, 6.07) is 0. The number of aliphatic hydroxyl groups excluding tert-OH is 1. The molecule has 0 aliphatic heterocycles. The third kappa shape index (κ3) is 3.77. The summed E-state index contributed by atoms with van der Waals surface area (Å²) in [5, 5.41) is 13.0. The molecule has 1 heterocycles. The van der Waals surface area contributed by atoms with Crippen LogP contribution in [-0.2, 0) is 0 Å². The smallest absolute Gasteiger partial charge is 0.187 e. The summed E-state index contributed by atoms with van der Waals surface area (Å²) in [5.41, 5.74) is 0.775. The van der Waals surface area contributed by atoms with Crippen LogP contribution in [0, 0.1) is 6.92 Å². The Hall–Kier alpha value is -0.650. The number of thioether (sulfide) groups is 1. The number of rotatable bonds is 5. The SMILES string of the molecule is CNC(C)(CO)CSc1ncc(C)cn1. The van der Waals surface area contributed by atoms with Gasteiger partial charge >= 0.3 is 0 Å². The van der Waals surface area contributed by atoms with Crippen molar-refractivity contribution in [3.05, 3.63) is 18.0 Å². The van der Waals surface area contributed by atoms with E-state index < -0.39 is 0 Å². The van der Waals surface area contributed by atoms with Crippen LogP contribution in [0.5, 0.6) is 0 Å². The maximum Gasteiger partial charge on any atom is 0.187 e. The minimum atomic E-state index is -0.279. The highest BCUT2D eigenvalue weighted by molar-refractivity contribution is 7.99. The van der Waals surface area contributed by atoms with Crippen LogP contribution in [-0.4, -0.2) is 40.0 Å². The molecule has 0 saturated carbocycles. The van der Waals surface area contributed by atoms with Crippen molar-refractivity contribution in [2.75, 3.05) is 19.4 Å². The Labute approximate surface area is 94.5 Å². The molecule has 1 aromatic rings. The lowest BCUT2D eigenvalue weighted by Crippen LogP contribution is -2.45. The Morgan fingerprint density at radius 3 is 2.53 bits per heavy atom. The quantitative estimate of drug-likeness (QED) is 0.577. The van der Waals surface area contributed by atoms with E-state index in [2.05, 4.69) is 15.3 Å². The van der Waals surface area contributed by atoms with Gasteiger partial charge in [-0.25, -0.2) is 9.97 Å². The van der Waals surface area contributed by atoms with Crippen molar-refractivity contribution in [2.45, 2.75) is 24.5 Å². The van der Waals surface area contributed by atoms with Gasteiger partial charge in [0.2, 0.25) is 0 Å². The molecule has 4 nitrogen and oxygen atoms in total. The zero-order chi connectivity index (χ0) is 11.3. The third-order valence-corrected chi connectivity index (χ3v) is 3.48. The lowest BCUT2D eigenvalue weighted by atomic mass is 10.1. The van der Waals surface area contributed by atoms with Gasteiger partial charge in [-0.3, -0.25) is 0 Å². The van der Waals surface area contributed by atoms with Gasteiger partial charge in [-0.15, -0.1) is 0 Å². The summed E-state index contributed by atoms with van der Waals surface area (Å²) in [6.07, 6.45) is 3.59. The van der Waals surface area contributed by atoms with E-state index in [9.17, 15) is 5.11 Å². The number of aromatic nitrogens is 2. The van der Waals surface area contributed by atoms with Crippen LogP contribution in [0.3, 0.4) is 0 Å². The van der Waals surface area contributed by atoms with E-state index in [0.717, 1.165) is 16.5 Å². The molecule has 84 valence electrons. The van der Waals surface area contributed by atoms with Gasteiger partial charge in [0, 0.05) is 23.7 Å². The average Bonchev–Trinajstić information content (AvgIpc) is 2.28. The van der Waals surface area contributed by atoms with E-state index in [-0.39, 0.29) is 12.1 Å². The number of hydrogen-bond donors (Lipinski definition) is 2. The van der Waals surface area contributed by atoms with Gasteiger partial charge in [0.1, 0.15) is 0 Å². The largest absolute Gasteiger partial charge is 0.394 e. The van der Waals surface area contributed by atoms with Gasteiger partial charge in [0.05, 0.1) is 6.61 Å². The molecule has 0 amide bonds. The molecule has 2 N–H and O–H groups in total. The highest BCUT2D eigenvalue weighted by Gasteiger charge is 2.21. The molecule has 0 fully saturated rings. The molecule has 0 aromatic carbocycles. The van der Waals surface area contributed by atoms with Gasteiger partial charge < -0.3 is 10.4 Å². The van der Waals surface area contributed by atoms with Gasteiger partial charge in [-0.1, -0.05) is 11.8 Å². The van der Waals surface area contributed by atoms with Gasteiger partial charge in [0.25, 0.3) is 0 Å². The topological polar surface area (TPSA) is 58.0 Å². The van der Waals surface area contributed by atoms with Gasteiger partial charge in [-0.2, -0.15) is 0 Å². The second-order valence-electron chi connectivity index (χ2n) is 3.80. The summed E-state index contributed by atoms with van der Waals surface area (Å²) < 4.78 is 0. The molecule has 1 unspecified atom stereocenters. The summed E-state index contributed by atoms with van der Waals surface area (Å²) in [4.78, 5) is 8.38. The maximum atomic E-state index is 9.19. The van der Waals surface area contributed by atoms with E-state index in [4.69, 9.17) is 0 Å². The predicted octanol–water partition coefficient (Wildman–Crippen LogP) is 0.848. The Morgan fingerprint density at radius 1 is 1.47 bits per heavy atom. The number of aliphatic hydroxyl groups is 1. The molecular formula is C10H17N3OS. The minimum Gasteiger partial charge on any atom is -0.394 e. The molecule has 0 bridgehead atoms. The first-order valence-electron chi connectivity index (χ1n) is 4.81. The normalized spacial score (nSPS) is 14.9. The molecule has 1 rings (SSSR count). The van der Waals surface area contributed by atoms with E-state index in [1.54, 1.807) is 24.2 Å². The standard InChI is InChI=1S/C10H17N3OS/c1-8-4-12-9(13-5-8)15-7-10(2,6-14)11-3/h4-5,11,14H,6-7H2,1-3H3. The van der Waals surface area contributed by atoms with Crippen molar-refractivity contribution in [2.24, 2.45) is 0 Å². The van der Waals surface area contributed by atoms with Crippen LogP contribution in [0.4, 0.5) is 0 Å². The van der Waals surface area contributed by atoms with E-state index >= 15 is 0 Å². The zero-order valence-corrected chi connectivity index (χ0v) is 10.1. The third-order valence-electron chi connectivity index (χ3n) is 2.23. The Morgan fingerprint density at radius 2 is 2.07 bits per heavy atom. The van der Waals surface area contributed by atoms with Crippen LogP contribution in [0.2, 0.25) is 0 Å². The molecule has 5 heteroatoms. The first-order valence-corrected chi connectivity index (χ1v) is 5.79. The van der Waals surface area contributed by atoms with Crippen molar-refractivity contribution < 1.29 is 5.11 Å². The predicted molar refractivity (Wildman–Crippen MR) is 62.0 cm³/mol. The average molecular weight is 227 g/mol. The second kappa shape index (κ2) is 5.44. The van der Waals surface area contributed by atoms with Crippen molar-refractivity contribution >= 4 is 11.8 Å². The van der Waals surface area contributed by atoms with Crippen LogP contribution in [0.1, 0.15) is 12.5 Å². The lowest BCUT2D eigenvalue weighted by Gasteiger charge is -2.25. The molecule has 1 atom stereocenters. The van der Waals surface area contributed by atoms with E-state index in [0.29, 0.717) is 0 Å². The van der Waals surface area contributed by atoms with Crippen LogP contribution in [0.25, 0.3) is 0 Å². The molecule has 0 aliphatic rings. The second-order valence-corrected chi connectivity index (χ2v) is 4.74. The van der Waals surface area contributed by atoms with E-state index in [1.807, 2.05) is 20.9 Å². The lowest BCUT2D eigenvalue weighted by molar-refractivity contribution is 0.200. The molecular weight excluding hydrogens is 210 g/mol. The fraction of sp³-hybridized carbons (Fsp3) is 0.600. The number of likely N-dealkylation sites (N-methyl/N-ethyl adjacent to an activating group) is 1. The maximum absolute atomic E-state index is 9.19. The summed E-state index contributed by atoms with van der Waals surface area (Å²) in [7, 11) is 1.84. The first kappa shape index (κ1) is 12.4. The molecule has 0 aliphatic carbocycles.